The third-order valence-corrected chi connectivity index (χ3v) is 5.23. The van der Waals surface area contributed by atoms with Crippen LogP contribution in [-0.2, 0) is 20.9 Å². The lowest BCUT2D eigenvalue weighted by Gasteiger charge is -2.29. The molecule has 0 radical (unpaired) electrons. The number of fused-ring (bicyclic) bond motifs is 1. The van der Waals surface area contributed by atoms with Crippen molar-refractivity contribution in [3.63, 3.8) is 0 Å². The summed E-state index contributed by atoms with van der Waals surface area (Å²) >= 11 is 0. The summed E-state index contributed by atoms with van der Waals surface area (Å²) in [5, 5.41) is 0.507. The van der Waals surface area contributed by atoms with Crippen LogP contribution in [0, 0.1) is 6.92 Å². The van der Waals surface area contributed by atoms with Crippen LogP contribution in [0.2, 0.25) is 0 Å². The molecule has 0 aliphatic heterocycles. The molecule has 0 spiro atoms. The van der Waals surface area contributed by atoms with Crippen molar-refractivity contribution in [2.45, 2.75) is 51.6 Å². The van der Waals surface area contributed by atoms with Gasteiger partial charge in [0.1, 0.15) is 6.54 Å². The maximum Gasteiger partial charge on any atom is 0.307 e. The van der Waals surface area contributed by atoms with E-state index >= 15 is 0 Å². The van der Waals surface area contributed by atoms with Gasteiger partial charge in [-0.2, -0.15) is 0 Å². The number of benzene rings is 1. The summed E-state index contributed by atoms with van der Waals surface area (Å²) in [6, 6.07) is 5.56. The van der Waals surface area contributed by atoms with Gasteiger partial charge in [0, 0.05) is 12.6 Å². The van der Waals surface area contributed by atoms with E-state index in [9.17, 15) is 14.4 Å². The fraction of sp³-hybridized carbons (Fsp3) is 0.500. The van der Waals surface area contributed by atoms with Crippen molar-refractivity contribution in [2.24, 2.45) is 0 Å². The van der Waals surface area contributed by atoms with E-state index in [1.807, 2.05) is 19.1 Å². The quantitative estimate of drug-likeness (QED) is 0.726. The molecule has 0 atom stereocenters. The highest BCUT2D eigenvalue weighted by Crippen LogP contribution is 2.24. The fourth-order valence-electron chi connectivity index (χ4n) is 3.73. The van der Waals surface area contributed by atoms with Gasteiger partial charge in [0.05, 0.1) is 30.8 Å². The third-order valence-electron chi connectivity index (χ3n) is 5.23. The Morgan fingerprint density at radius 1 is 1.30 bits per heavy atom. The second-order valence-electron chi connectivity index (χ2n) is 7.00. The lowest BCUT2D eigenvalue weighted by atomic mass is 10.1. The summed E-state index contributed by atoms with van der Waals surface area (Å²) in [6.07, 6.45) is 5.59. The molecule has 0 unspecified atom stereocenters. The Labute approximate surface area is 157 Å². The second-order valence-corrected chi connectivity index (χ2v) is 7.00. The topological polar surface area (TPSA) is 81.5 Å². The fourth-order valence-corrected chi connectivity index (χ4v) is 3.73. The second kappa shape index (κ2) is 8.33. The number of esters is 1. The first-order chi connectivity index (χ1) is 13.0. The Bertz CT molecular complexity index is 900. The van der Waals surface area contributed by atoms with E-state index in [4.69, 9.17) is 4.74 Å². The monoisotopic (exact) mass is 371 g/mol. The number of hydrogen-bond acceptors (Lipinski definition) is 5. The SMILES string of the molecule is COC(=O)CCN(C(=O)Cn1cnc2c(C)cccc2c1=O)C1CCCC1. The standard InChI is InChI=1S/C20H25N3O4/c1-14-6-5-9-16-19(14)21-13-22(20(16)26)12-17(24)23(11-10-18(25)27-2)15-7-3-4-8-15/h5-6,9,13,15H,3-4,7-8,10-12H2,1-2H3. The molecule has 1 heterocycles. The lowest BCUT2D eigenvalue weighted by molar-refractivity contribution is -0.142. The Morgan fingerprint density at radius 2 is 2.04 bits per heavy atom. The maximum atomic E-state index is 12.9. The van der Waals surface area contributed by atoms with E-state index in [0.29, 0.717) is 17.4 Å². The number of methoxy groups -OCH3 is 1. The van der Waals surface area contributed by atoms with Gasteiger partial charge in [-0.15, -0.1) is 0 Å². The first kappa shape index (κ1) is 19.1. The van der Waals surface area contributed by atoms with E-state index in [1.165, 1.54) is 18.0 Å². The number of para-hydroxylation sites is 1. The lowest BCUT2D eigenvalue weighted by Crippen LogP contribution is -2.43. The Kier molecular flexibility index (Phi) is 5.88. The van der Waals surface area contributed by atoms with E-state index in [2.05, 4.69) is 4.98 Å². The predicted octanol–water partition coefficient (Wildman–Crippen LogP) is 2.04. The summed E-state index contributed by atoms with van der Waals surface area (Å²) in [5.74, 6) is -0.507. The van der Waals surface area contributed by atoms with E-state index in [1.54, 1.807) is 11.0 Å². The normalized spacial score (nSPS) is 14.4. The predicted molar refractivity (Wildman–Crippen MR) is 101 cm³/mol. The highest BCUT2D eigenvalue weighted by molar-refractivity contribution is 5.81. The van der Waals surface area contributed by atoms with Crippen molar-refractivity contribution in [1.82, 2.24) is 14.5 Å². The molecule has 1 aliphatic rings. The molecule has 7 heteroatoms. The van der Waals surface area contributed by atoms with Crippen molar-refractivity contribution in [2.75, 3.05) is 13.7 Å². The van der Waals surface area contributed by atoms with E-state index < -0.39 is 0 Å². The molecule has 1 amide bonds. The number of carbonyl (C=O) groups excluding carboxylic acids is 2. The van der Waals surface area contributed by atoms with Gasteiger partial charge in [0.15, 0.2) is 0 Å². The van der Waals surface area contributed by atoms with Crippen LogP contribution in [0.15, 0.2) is 29.3 Å². The van der Waals surface area contributed by atoms with Gasteiger partial charge in [-0.25, -0.2) is 4.98 Å². The van der Waals surface area contributed by atoms with Crippen LogP contribution in [0.4, 0.5) is 0 Å². The Hall–Kier alpha value is -2.70. The molecular weight excluding hydrogens is 346 g/mol. The molecule has 0 saturated heterocycles. The molecule has 1 saturated carbocycles. The zero-order valence-electron chi connectivity index (χ0n) is 15.8. The first-order valence-electron chi connectivity index (χ1n) is 9.32. The van der Waals surface area contributed by atoms with Crippen molar-refractivity contribution >= 4 is 22.8 Å². The molecule has 7 nitrogen and oxygen atoms in total. The van der Waals surface area contributed by atoms with Crippen molar-refractivity contribution in [3.8, 4) is 0 Å². The molecule has 27 heavy (non-hydrogen) atoms. The first-order valence-corrected chi connectivity index (χ1v) is 9.32. The molecule has 1 fully saturated rings. The highest BCUT2D eigenvalue weighted by atomic mass is 16.5. The van der Waals surface area contributed by atoms with Gasteiger partial charge >= 0.3 is 5.97 Å². The average molecular weight is 371 g/mol. The van der Waals surface area contributed by atoms with Crippen LogP contribution in [0.25, 0.3) is 10.9 Å². The number of aromatic nitrogens is 2. The Morgan fingerprint density at radius 3 is 2.74 bits per heavy atom. The molecule has 2 aromatic rings. The zero-order chi connectivity index (χ0) is 19.4. The largest absolute Gasteiger partial charge is 0.469 e. The maximum absolute atomic E-state index is 12.9. The minimum atomic E-state index is -0.342. The number of amides is 1. The van der Waals surface area contributed by atoms with Gasteiger partial charge in [0.2, 0.25) is 5.91 Å². The molecular formula is C20H25N3O4. The van der Waals surface area contributed by atoms with E-state index in [0.717, 1.165) is 31.2 Å². The number of aryl methyl sites for hydroxylation is 1. The highest BCUT2D eigenvalue weighted by Gasteiger charge is 2.27. The summed E-state index contributed by atoms with van der Waals surface area (Å²) in [4.78, 5) is 43.3. The molecule has 1 aliphatic carbocycles. The minimum absolute atomic E-state index is 0.0760. The van der Waals surface area contributed by atoms with Crippen LogP contribution in [0.1, 0.15) is 37.7 Å². The number of carbonyl (C=O) groups is 2. The van der Waals surface area contributed by atoms with Gasteiger partial charge in [-0.05, 0) is 31.4 Å². The van der Waals surface area contributed by atoms with Crippen LogP contribution in [0.5, 0.6) is 0 Å². The molecule has 1 aromatic heterocycles. The van der Waals surface area contributed by atoms with Gasteiger partial charge in [0.25, 0.3) is 5.56 Å². The zero-order valence-corrected chi connectivity index (χ0v) is 15.8. The van der Waals surface area contributed by atoms with Crippen molar-refractivity contribution in [3.05, 3.63) is 40.4 Å². The smallest absolute Gasteiger partial charge is 0.307 e. The number of hydrogen-bond donors (Lipinski definition) is 0. The summed E-state index contributed by atoms with van der Waals surface area (Å²) in [7, 11) is 1.34. The van der Waals surface area contributed by atoms with Crippen LogP contribution in [0.3, 0.4) is 0 Å². The van der Waals surface area contributed by atoms with Crippen LogP contribution < -0.4 is 5.56 Å². The molecule has 144 valence electrons. The van der Waals surface area contributed by atoms with Crippen LogP contribution >= 0.6 is 0 Å². The molecule has 3 rings (SSSR count). The summed E-state index contributed by atoms with van der Waals surface area (Å²) < 4.78 is 6.05. The molecule has 0 bridgehead atoms. The van der Waals surface area contributed by atoms with Gasteiger partial charge in [-0.1, -0.05) is 25.0 Å². The summed E-state index contributed by atoms with van der Waals surface area (Å²) in [5.41, 5.74) is 1.36. The van der Waals surface area contributed by atoms with E-state index in [-0.39, 0.29) is 36.4 Å². The van der Waals surface area contributed by atoms with Crippen molar-refractivity contribution in [1.29, 1.82) is 0 Å². The number of rotatable bonds is 6. The van der Waals surface area contributed by atoms with Crippen molar-refractivity contribution < 1.29 is 14.3 Å². The minimum Gasteiger partial charge on any atom is -0.469 e. The Balaban J connectivity index is 1.82. The van der Waals surface area contributed by atoms with Gasteiger partial charge in [-0.3, -0.25) is 19.0 Å². The third kappa shape index (κ3) is 4.18. The summed E-state index contributed by atoms with van der Waals surface area (Å²) in [6.45, 7) is 2.14. The number of nitrogens with zero attached hydrogens (tertiary/aromatic N) is 3. The van der Waals surface area contributed by atoms with Crippen LogP contribution in [-0.4, -0.2) is 46.0 Å². The number of ether oxygens (including phenoxy) is 1. The molecule has 0 N–H and O–H groups in total. The van der Waals surface area contributed by atoms with Gasteiger partial charge < -0.3 is 9.64 Å². The average Bonchev–Trinajstić information content (AvgIpc) is 3.19. The molecule has 1 aromatic carbocycles.